The summed E-state index contributed by atoms with van der Waals surface area (Å²) in [5, 5.41) is 11.5. The van der Waals surface area contributed by atoms with Gasteiger partial charge in [0, 0.05) is 41.9 Å². The minimum Gasteiger partial charge on any atom is -0.489 e. The first kappa shape index (κ1) is 24.7. The molecule has 5 rings (SSSR count). The molecule has 2 aromatic carbocycles. The second kappa shape index (κ2) is 10.2. The first-order valence-corrected chi connectivity index (χ1v) is 12.2. The number of nitrogens with zero attached hydrogens (tertiary/aromatic N) is 5. The lowest BCUT2D eigenvalue weighted by molar-refractivity contribution is -0.389. The van der Waals surface area contributed by atoms with E-state index in [1.807, 2.05) is 43.3 Å². The first-order chi connectivity index (χ1) is 17.8. The lowest BCUT2D eigenvalue weighted by Crippen LogP contribution is -2.48. The molecule has 11 nitrogen and oxygen atoms in total. The average Bonchev–Trinajstić information content (AvgIpc) is 3.43. The molecule has 0 bridgehead atoms. The maximum absolute atomic E-state index is 12.4. The number of piperazine rings is 1. The molecule has 1 fully saturated rings. The minimum absolute atomic E-state index is 0.213. The van der Waals surface area contributed by atoms with Crippen molar-refractivity contribution in [2.24, 2.45) is 0 Å². The number of nitro groups is 1. The molecule has 3 aromatic rings. The summed E-state index contributed by atoms with van der Waals surface area (Å²) in [6.07, 6.45) is 1.05. The van der Waals surface area contributed by atoms with E-state index in [1.165, 1.54) is 6.20 Å². The van der Waals surface area contributed by atoms with Gasteiger partial charge in [-0.05, 0) is 53.8 Å². The number of imidazole rings is 1. The molecule has 1 saturated heterocycles. The predicted octanol–water partition coefficient (Wildman–Crippen LogP) is 4.13. The number of rotatable bonds is 7. The van der Waals surface area contributed by atoms with Crippen molar-refractivity contribution in [1.29, 1.82) is 0 Å². The van der Waals surface area contributed by atoms with Crippen LogP contribution in [0.2, 0.25) is 5.02 Å². The zero-order valence-electron chi connectivity index (χ0n) is 20.2. The standard InChI is InChI=1S/C25H26ClN5O6/c1-25(16-30-14-22(31(33)34)27-23(30)37-25)17-36-21-8-6-20(7-9-21)28-10-12-29(13-11-28)24(32)35-15-18-2-4-19(26)5-3-18/h2-9,14H,10-13,15-17H2,1H3. The van der Waals surface area contributed by atoms with Gasteiger partial charge in [0.2, 0.25) is 0 Å². The normalized spacial score (nSPS) is 18.8. The maximum atomic E-state index is 12.4. The fourth-order valence-corrected chi connectivity index (χ4v) is 4.44. The number of ether oxygens (including phenoxy) is 3. The highest BCUT2D eigenvalue weighted by molar-refractivity contribution is 6.30. The third-order valence-electron chi connectivity index (χ3n) is 6.32. The zero-order chi connectivity index (χ0) is 26.0. The SMILES string of the molecule is CC1(COc2ccc(N3CCN(C(=O)OCc4ccc(Cl)cc4)CC3)cc2)Cn2cc([N+](=O)[O-])nc2O1. The molecule has 2 aliphatic heterocycles. The minimum atomic E-state index is -0.672. The van der Waals surface area contributed by atoms with E-state index in [9.17, 15) is 14.9 Å². The maximum Gasteiger partial charge on any atom is 0.415 e. The topological polar surface area (TPSA) is 112 Å². The molecule has 0 aliphatic carbocycles. The number of hydrogen-bond acceptors (Lipinski definition) is 8. The smallest absolute Gasteiger partial charge is 0.415 e. The summed E-state index contributed by atoms with van der Waals surface area (Å²) < 4.78 is 18.8. The lowest BCUT2D eigenvalue weighted by Gasteiger charge is -2.35. The molecule has 0 spiro atoms. The van der Waals surface area contributed by atoms with E-state index in [0.717, 1.165) is 11.3 Å². The summed E-state index contributed by atoms with van der Waals surface area (Å²) >= 11 is 5.89. The Morgan fingerprint density at radius 2 is 1.84 bits per heavy atom. The van der Waals surface area contributed by atoms with Gasteiger partial charge in [-0.25, -0.2) is 4.79 Å². The molecular formula is C25H26ClN5O6. The van der Waals surface area contributed by atoms with E-state index in [1.54, 1.807) is 21.6 Å². The number of anilines is 1. The second-order valence-corrected chi connectivity index (χ2v) is 9.69. The van der Waals surface area contributed by atoms with Crippen LogP contribution in [-0.2, 0) is 17.9 Å². The number of halogens is 1. The van der Waals surface area contributed by atoms with Crippen molar-refractivity contribution >= 4 is 29.2 Å². The summed E-state index contributed by atoms with van der Waals surface area (Å²) in [6.45, 7) is 5.29. The Hall–Kier alpha value is -3.99. The molecular weight excluding hydrogens is 502 g/mol. The quantitative estimate of drug-likeness (QED) is 0.333. The van der Waals surface area contributed by atoms with Crippen LogP contribution in [0, 0.1) is 10.1 Å². The molecule has 1 amide bonds. The Balaban J connectivity index is 1.07. The number of amides is 1. The molecule has 12 heteroatoms. The van der Waals surface area contributed by atoms with E-state index in [4.69, 9.17) is 25.8 Å². The Bertz CT molecular complexity index is 1250. The summed E-state index contributed by atoms with van der Waals surface area (Å²) in [6, 6.07) is 15.2. The molecule has 1 unspecified atom stereocenters. The number of benzene rings is 2. The largest absolute Gasteiger partial charge is 0.489 e. The summed E-state index contributed by atoms with van der Waals surface area (Å²) in [4.78, 5) is 30.6. The van der Waals surface area contributed by atoms with Crippen LogP contribution < -0.4 is 14.4 Å². The number of fused-ring (bicyclic) bond motifs is 1. The molecule has 1 atom stereocenters. The third kappa shape index (κ3) is 5.72. The summed E-state index contributed by atoms with van der Waals surface area (Å²) in [7, 11) is 0. The van der Waals surface area contributed by atoms with Gasteiger partial charge in [-0.1, -0.05) is 23.7 Å². The van der Waals surface area contributed by atoms with Crippen molar-refractivity contribution in [1.82, 2.24) is 14.5 Å². The van der Waals surface area contributed by atoms with E-state index in [-0.39, 0.29) is 31.1 Å². The Morgan fingerprint density at radius 1 is 1.14 bits per heavy atom. The zero-order valence-corrected chi connectivity index (χ0v) is 21.0. The highest BCUT2D eigenvalue weighted by Crippen LogP contribution is 2.31. The van der Waals surface area contributed by atoms with Gasteiger partial charge in [0.15, 0.2) is 5.60 Å². The molecule has 37 heavy (non-hydrogen) atoms. The monoisotopic (exact) mass is 527 g/mol. The van der Waals surface area contributed by atoms with Gasteiger partial charge in [0.05, 0.1) is 6.54 Å². The second-order valence-electron chi connectivity index (χ2n) is 9.26. The van der Waals surface area contributed by atoms with Crippen molar-refractivity contribution in [2.45, 2.75) is 25.7 Å². The highest BCUT2D eigenvalue weighted by Gasteiger charge is 2.41. The van der Waals surface area contributed by atoms with Crippen LogP contribution >= 0.6 is 11.6 Å². The first-order valence-electron chi connectivity index (χ1n) is 11.8. The van der Waals surface area contributed by atoms with Gasteiger partial charge in [0.1, 0.15) is 25.2 Å². The van der Waals surface area contributed by atoms with Gasteiger partial charge in [-0.2, -0.15) is 0 Å². The lowest BCUT2D eigenvalue weighted by atomic mass is 10.1. The number of carbonyl (C=O) groups excluding carboxylic acids is 1. The molecule has 2 aliphatic rings. The number of aromatic nitrogens is 2. The third-order valence-corrected chi connectivity index (χ3v) is 6.57. The Labute approximate surface area is 218 Å². The van der Waals surface area contributed by atoms with Crippen LogP contribution in [0.1, 0.15) is 12.5 Å². The fourth-order valence-electron chi connectivity index (χ4n) is 4.31. The van der Waals surface area contributed by atoms with Crippen molar-refractivity contribution in [3.63, 3.8) is 0 Å². The van der Waals surface area contributed by atoms with Gasteiger partial charge >= 0.3 is 17.9 Å². The number of hydrogen-bond donors (Lipinski definition) is 0. The fraction of sp³-hybridized carbons (Fsp3) is 0.360. The summed E-state index contributed by atoms with van der Waals surface area (Å²) in [5.74, 6) is 0.456. The van der Waals surface area contributed by atoms with Crippen LogP contribution in [-0.4, -0.2) is 63.9 Å². The van der Waals surface area contributed by atoms with Crippen molar-refractivity contribution < 1.29 is 23.9 Å². The van der Waals surface area contributed by atoms with Gasteiger partial charge in [-0.3, -0.25) is 4.57 Å². The average molecular weight is 528 g/mol. The highest BCUT2D eigenvalue weighted by atomic mass is 35.5. The van der Waals surface area contributed by atoms with Crippen LogP contribution in [0.3, 0.4) is 0 Å². The molecule has 1 aromatic heterocycles. The van der Waals surface area contributed by atoms with Gasteiger partial charge in [-0.15, -0.1) is 0 Å². The van der Waals surface area contributed by atoms with Crippen LogP contribution in [0.25, 0.3) is 0 Å². The summed E-state index contributed by atoms with van der Waals surface area (Å²) in [5.41, 5.74) is 1.26. The van der Waals surface area contributed by atoms with E-state index in [0.29, 0.717) is 43.5 Å². The Morgan fingerprint density at radius 3 is 2.49 bits per heavy atom. The van der Waals surface area contributed by atoms with Gasteiger partial charge in [0.25, 0.3) is 0 Å². The van der Waals surface area contributed by atoms with Crippen LogP contribution in [0.15, 0.2) is 54.7 Å². The molecule has 3 heterocycles. The van der Waals surface area contributed by atoms with E-state index >= 15 is 0 Å². The van der Waals surface area contributed by atoms with Crippen LogP contribution in [0.5, 0.6) is 11.8 Å². The van der Waals surface area contributed by atoms with Crippen molar-refractivity contribution in [3.05, 3.63) is 75.4 Å². The van der Waals surface area contributed by atoms with Gasteiger partial charge < -0.3 is 34.1 Å². The Kier molecular flexibility index (Phi) is 6.79. The molecule has 0 saturated carbocycles. The molecule has 0 radical (unpaired) electrons. The van der Waals surface area contributed by atoms with Crippen molar-refractivity contribution in [3.8, 4) is 11.8 Å². The van der Waals surface area contributed by atoms with E-state index < -0.39 is 10.5 Å². The predicted molar refractivity (Wildman–Crippen MR) is 135 cm³/mol. The van der Waals surface area contributed by atoms with Crippen LogP contribution in [0.4, 0.5) is 16.3 Å². The molecule has 0 N–H and O–H groups in total. The molecule has 194 valence electrons. The number of carbonyl (C=O) groups is 1. The van der Waals surface area contributed by atoms with E-state index in [2.05, 4.69) is 9.88 Å². The van der Waals surface area contributed by atoms with Crippen molar-refractivity contribution in [2.75, 3.05) is 37.7 Å².